The number of anilines is 2. The van der Waals surface area contributed by atoms with Crippen molar-refractivity contribution < 1.29 is 23.1 Å². The SMILES string of the molecule is C[C@H]1COCCN1c1cc(C(C)(C)S(C)(=O)=O)nc(-c2ccc(NC(=O)NCCO)cc2)n1. The van der Waals surface area contributed by atoms with E-state index in [-0.39, 0.29) is 19.2 Å². The van der Waals surface area contributed by atoms with E-state index in [2.05, 4.69) is 20.5 Å². The van der Waals surface area contributed by atoms with Crippen molar-refractivity contribution >= 4 is 27.4 Å². The van der Waals surface area contributed by atoms with E-state index in [0.717, 1.165) is 0 Å². The number of aliphatic hydroxyl groups is 1. The second-order valence-electron chi connectivity index (χ2n) is 8.52. The van der Waals surface area contributed by atoms with Crippen molar-refractivity contribution in [2.45, 2.75) is 31.6 Å². The number of amides is 2. The molecule has 1 aliphatic heterocycles. The number of nitrogens with one attached hydrogen (secondary N) is 2. The lowest BCUT2D eigenvalue weighted by atomic mass is 10.1. The van der Waals surface area contributed by atoms with Gasteiger partial charge in [0.15, 0.2) is 15.7 Å². The van der Waals surface area contributed by atoms with Crippen molar-refractivity contribution in [3.05, 3.63) is 36.0 Å². The summed E-state index contributed by atoms with van der Waals surface area (Å²) in [5, 5.41) is 14.0. The molecule has 1 aromatic heterocycles. The monoisotopic (exact) mass is 477 g/mol. The maximum atomic E-state index is 12.5. The molecule has 0 radical (unpaired) electrons. The number of hydrogen-bond donors (Lipinski definition) is 3. The van der Waals surface area contributed by atoms with Gasteiger partial charge in [-0.2, -0.15) is 0 Å². The molecule has 0 bridgehead atoms. The second-order valence-corrected chi connectivity index (χ2v) is 11.1. The van der Waals surface area contributed by atoms with Gasteiger partial charge in [0.05, 0.1) is 31.6 Å². The summed E-state index contributed by atoms with van der Waals surface area (Å²) >= 11 is 0. The maximum Gasteiger partial charge on any atom is 0.319 e. The van der Waals surface area contributed by atoms with Gasteiger partial charge in [0.1, 0.15) is 10.6 Å². The van der Waals surface area contributed by atoms with Crippen molar-refractivity contribution in [2.75, 3.05) is 49.4 Å². The Morgan fingerprint density at radius 1 is 1.27 bits per heavy atom. The Morgan fingerprint density at radius 2 is 1.97 bits per heavy atom. The van der Waals surface area contributed by atoms with E-state index >= 15 is 0 Å². The van der Waals surface area contributed by atoms with Crippen LogP contribution in [0.4, 0.5) is 16.3 Å². The molecule has 2 heterocycles. The minimum Gasteiger partial charge on any atom is -0.395 e. The summed E-state index contributed by atoms with van der Waals surface area (Å²) in [5.41, 5.74) is 1.66. The van der Waals surface area contributed by atoms with Crippen molar-refractivity contribution in [1.29, 1.82) is 0 Å². The molecule has 1 atom stereocenters. The van der Waals surface area contributed by atoms with Gasteiger partial charge in [-0.25, -0.2) is 23.2 Å². The number of ether oxygens (including phenoxy) is 1. The summed E-state index contributed by atoms with van der Waals surface area (Å²) in [6.45, 7) is 7.08. The highest BCUT2D eigenvalue weighted by atomic mass is 32.2. The highest BCUT2D eigenvalue weighted by molar-refractivity contribution is 7.91. The van der Waals surface area contributed by atoms with Gasteiger partial charge in [0.25, 0.3) is 0 Å². The molecular weight excluding hydrogens is 446 g/mol. The van der Waals surface area contributed by atoms with Crippen molar-refractivity contribution in [1.82, 2.24) is 15.3 Å². The first-order valence-corrected chi connectivity index (χ1v) is 12.6. The van der Waals surface area contributed by atoms with Crippen LogP contribution in [0.15, 0.2) is 30.3 Å². The van der Waals surface area contributed by atoms with Crippen LogP contribution in [0.2, 0.25) is 0 Å². The van der Waals surface area contributed by atoms with Crippen LogP contribution in [0, 0.1) is 0 Å². The van der Waals surface area contributed by atoms with Crippen LogP contribution in [-0.2, 0) is 19.3 Å². The molecule has 0 unspecified atom stereocenters. The van der Waals surface area contributed by atoms with Gasteiger partial charge in [-0.3, -0.25) is 0 Å². The van der Waals surface area contributed by atoms with E-state index < -0.39 is 20.6 Å². The summed E-state index contributed by atoms with van der Waals surface area (Å²) < 4.78 is 29.4. The molecular formula is C22H31N5O5S. The van der Waals surface area contributed by atoms with E-state index in [1.807, 2.05) is 6.92 Å². The van der Waals surface area contributed by atoms with Crippen LogP contribution in [0.5, 0.6) is 0 Å². The zero-order valence-corrected chi connectivity index (χ0v) is 20.1. The molecule has 1 aliphatic rings. The largest absolute Gasteiger partial charge is 0.395 e. The average molecular weight is 478 g/mol. The normalized spacial score (nSPS) is 17.0. The summed E-state index contributed by atoms with van der Waals surface area (Å²) in [4.78, 5) is 23.2. The van der Waals surface area contributed by atoms with Gasteiger partial charge in [-0.1, -0.05) is 0 Å². The molecule has 33 heavy (non-hydrogen) atoms. The molecule has 11 heteroatoms. The van der Waals surface area contributed by atoms with E-state index in [1.54, 1.807) is 44.2 Å². The Hall–Kier alpha value is -2.76. The first-order chi connectivity index (χ1) is 15.5. The number of sulfone groups is 1. The fraction of sp³-hybridized carbons (Fsp3) is 0.500. The number of hydrogen-bond acceptors (Lipinski definition) is 8. The molecule has 10 nitrogen and oxygen atoms in total. The third-order valence-corrected chi connectivity index (χ3v) is 7.78. The minimum atomic E-state index is -3.45. The molecule has 1 aromatic carbocycles. The molecule has 180 valence electrons. The third-order valence-electron chi connectivity index (χ3n) is 5.72. The van der Waals surface area contributed by atoms with E-state index in [0.29, 0.717) is 48.3 Å². The second kappa shape index (κ2) is 10.0. The molecule has 0 saturated carbocycles. The number of benzene rings is 1. The average Bonchev–Trinajstić information content (AvgIpc) is 2.77. The van der Waals surface area contributed by atoms with E-state index in [4.69, 9.17) is 14.8 Å². The first kappa shape index (κ1) is 24.9. The van der Waals surface area contributed by atoms with Crippen LogP contribution < -0.4 is 15.5 Å². The van der Waals surface area contributed by atoms with Crippen LogP contribution >= 0.6 is 0 Å². The quantitative estimate of drug-likeness (QED) is 0.549. The molecule has 3 N–H and O–H groups in total. The lowest BCUT2D eigenvalue weighted by molar-refractivity contribution is 0.0985. The Balaban J connectivity index is 1.99. The lowest BCUT2D eigenvalue weighted by Crippen LogP contribution is -2.44. The molecule has 1 saturated heterocycles. The number of carbonyl (C=O) groups is 1. The molecule has 0 spiro atoms. The van der Waals surface area contributed by atoms with Crippen LogP contribution in [0.3, 0.4) is 0 Å². The topological polar surface area (TPSA) is 134 Å². The maximum absolute atomic E-state index is 12.5. The summed E-state index contributed by atoms with van der Waals surface area (Å²) in [5.74, 6) is 1.04. The summed E-state index contributed by atoms with van der Waals surface area (Å²) in [6.07, 6.45) is 1.20. The van der Waals surface area contributed by atoms with Crippen molar-refractivity contribution in [3.8, 4) is 11.4 Å². The van der Waals surface area contributed by atoms with Gasteiger partial charge in [0.2, 0.25) is 0 Å². The van der Waals surface area contributed by atoms with Gasteiger partial charge >= 0.3 is 6.03 Å². The molecule has 0 aliphatic carbocycles. The van der Waals surface area contributed by atoms with Gasteiger partial charge in [-0.05, 0) is 45.0 Å². The number of aliphatic hydroxyl groups excluding tert-OH is 1. The minimum absolute atomic E-state index is 0.0831. The van der Waals surface area contributed by atoms with Crippen LogP contribution in [0.1, 0.15) is 26.5 Å². The Labute approximate surface area is 194 Å². The number of aromatic nitrogens is 2. The number of carbonyl (C=O) groups excluding carboxylic acids is 1. The zero-order valence-electron chi connectivity index (χ0n) is 19.3. The van der Waals surface area contributed by atoms with Gasteiger partial charge < -0.3 is 25.4 Å². The number of morpholine rings is 1. The Morgan fingerprint density at radius 3 is 2.58 bits per heavy atom. The Bertz CT molecular complexity index is 1090. The predicted molar refractivity (Wildman–Crippen MR) is 127 cm³/mol. The van der Waals surface area contributed by atoms with Crippen molar-refractivity contribution in [3.63, 3.8) is 0 Å². The molecule has 3 rings (SSSR count). The van der Waals surface area contributed by atoms with Gasteiger partial charge in [0, 0.05) is 36.7 Å². The number of urea groups is 1. The van der Waals surface area contributed by atoms with Gasteiger partial charge in [-0.15, -0.1) is 0 Å². The highest BCUT2D eigenvalue weighted by Crippen LogP contribution is 2.32. The Kier molecular flexibility index (Phi) is 7.55. The molecule has 1 fully saturated rings. The zero-order chi connectivity index (χ0) is 24.2. The molecule has 2 amide bonds. The summed E-state index contributed by atoms with van der Waals surface area (Å²) in [7, 11) is -3.45. The highest BCUT2D eigenvalue weighted by Gasteiger charge is 2.35. The molecule has 2 aromatic rings. The van der Waals surface area contributed by atoms with Crippen LogP contribution in [0.25, 0.3) is 11.4 Å². The first-order valence-electron chi connectivity index (χ1n) is 10.7. The predicted octanol–water partition coefficient (Wildman–Crippen LogP) is 1.76. The van der Waals surface area contributed by atoms with E-state index in [9.17, 15) is 13.2 Å². The van der Waals surface area contributed by atoms with E-state index in [1.165, 1.54) is 6.26 Å². The van der Waals surface area contributed by atoms with Crippen molar-refractivity contribution in [2.24, 2.45) is 0 Å². The standard InChI is InChI=1S/C22H31N5O5S/c1-15-14-32-12-10-27(15)19-13-18(22(2,3)33(4,30)31)25-20(26-19)16-5-7-17(8-6-16)24-21(29)23-9-11-28/h5-8,13,15,28H,9-12,14H2,1-4H3,(H2,23,24,29)/t15-/m0/s1. The number of nitrogens with zero attached hydrogens (tertiary/aromatic N) is 3. The smallest absolute Gasteiger partial charge is 0.319 e. The number of rotatable bonds is 7. The lowest BCUT2D eigenvalue weighted by Gasteiger charge is -2.35. The fourth-order valence-corrected chi connectivity index (χ4v) is 3.81. The summed E-state index contributed by atoms with van der Waals surface area (Å²) in [6, 6.07) is 8.36. The fourth-order valence-electron chi connectivity index (χ4n) is 3.32. The third kappa shape index (κ3) is 5.79. The van der Waals surface area contributed by atoms with Crippen LogP contribution in [-0.4, -0.2) is 74.7 Å².